The lowest BCUT2D eigenvalue weighted by atomic mass is 9.85. The molecule has 0 aromatic carbocycles. The molecule has 94 valence electrons. The number of anilines is 1. The predicted molar refractivity (Wildman–Crippen MR) is 73.4 cm³/mol. The molecule has 0 saturated heterocycles. The molecule has 17 heavy (non-hydrogen) atoms. The molecule has 1 heterocycles. The molecule has 5 heteroatoms. The molecule has 1 fully saturated rings. The maximum Gasteiger partial charge on any atom is 0.145 e. The molecule has 1 aliphatic rings. The predicted octanol–water partition coefficient (Wildman–Crippen LogP) is 3.46. The van der Waals surface area contributed by atoms with Crippen LogP contribution < -0.4 is 5.32 Å². The summed E-state index contributed by atoms with van der Waals surface area (Å²) < 4.78 is 0.871. The number of hydrogen-bond donors (Lipinski definition) is 2. The van der Waals surface area contributed by atoms with Crippen LogP contribution in [0.2, 0.25) is 5.02 Å². The van der Waals surface area contributed by atoms with E-state index in [1.165, 1.54) is 12.8 Å². The van der Waals surface area contributed by atoms with Crippen LogP contribution in [0.25, 0.3) is 0 Å². The fraction of sp³-hybridized carbons (Fsp3) is 0.583. The van der Waals surface area contributed by atoms with Gasteiger partial charge in [-0.2, -0.15) is 0 Å². The number of halogens is 2. The SMILES string of the molecule is OCC1CCCCC1Nc1ncc(Br)cc1Cl. The van der Waals surface area contributed by atoms with Gasteiger partial charge < -0.3 is 10.4 Å². The van der Waals surface area contributed by atoms with Crippen molar-refractivity contribution in [3.8, 4) is 0 Å². The molecular formula is C12H16BrClN2O. The van der Waals surface area contributed by atoms with Crippen molar-refractivity contribution in [1.29, 1.82) is 0 Å². The minimum absolute atomic E-state index is 0.228. The monoisotopic (exact) mass is 318 g/mol. The third-order valence-electron chi connectivity index (χ3n) is 3.27. The Morgan fingerprint density at radius 2 is 2.24 bits per heavy atom. The first kappa shape index (κ1) is 13.1. The van der Waals surface area contributed by atoms with Gasteiger partial charge in [0, 0.05) is 29.2 Å². The molecule has 1 aromatic rings. The second-order valence-corrected chi connectivity index (χ2v) is 5.78. The van der Waals surface area contributed by atoms with Gasteiger partial charge in [-0.15, -0.1) is 0 Å². The number of pyridine rings is 1. The Hall–Kier alpha value is -0.320. The van der Waals surface area contributed by atoms with Crippen molar-refractivity contribution in [2.24, 2.45) is 5.92 Å². The summed E-state index contributed by atoms with van der Waals surface area (Å²) in [7, 11) is 0. The average molecular weight is 320 g/mol. The summed E-state index contributed by atoms with van der Waals surface area (Å²) >= 11 is 9.45. The van der Waals surface area contributed by atoms with Crippen molar-refractivity contribution in [3.63, 3.8) is 0 Å². The fourth-order valence-electron chi connectivity index (χ4n) is 2.31. The van der Waals surface area contributed by atoms with Crippen LogP contribution in [0.15, 0.2) is 16.7 Å². The molecule has 2 rings (SSSR count). The maximum absolute atomic E-state index is 9.35. The van der Waals surface area contributed by atoms with E-state index >= 15 is 0 Å². The number of aliphatic hydroxyl groups excluding tert-OH is 1. The summed E-state index contributed by atoms with van der Waals surface area (Å²) in [6.07, 6.45) is 6.26. The van der Waals surface area contributed by atoms with Crippen LogP contribution in [-0.4, -0.2) is 22.7 Å². The molecular weight excluding hydrogens is 304 g/mol. The zero-order chi connectivity index (χ0) is 12.3. The Balaban J connectivity index is 2.08. The van der Waals surface area contributed by atoms with Crippen molar-refractivity contribution in [1.82, 2.24) is 4.98 Å². The Kier molecular flexibility index (Phi) is 4.65. The highest BCUT2D eigenvalue weighted by Crippen LogP contribution is 2.29. The van der Waals surface area contributed by atoms with E-state index in [0.29, 0.717) is 16.8 Å². The highest BCUT2D eigenvalue weighted by Gasteiger charge is 2.25. The molecule has 2 atom stereocenters. The van der Waals surface area contributed by atoms with Gasteiger partial charge in [-0.3, -0.25) is 0 Å². The topological polar surface area (TPSA) is 45.1 Å². The van der Waals surface area contributed by atoms with Crippen molar-refractivity contribution < 1.29 is 5.11 Å². The number of aliphatic hydroxyl groups is 1. The van der Waals surface area contributed by atoms with Gasteiger partial charge in [0.2, 0.25) is 0 Å². The van der Waals surface area contributed by atoms with Crippen molar-refractivity contribution >= 4 is 33.3 Å². The first-order valence-corrected chi connectivity index (χ1v) is 7.06. The lowest BCUT2D eigenvalue weighted by Gasteiger charge is -2.31. The average Bonchev–Trinajstić information content (AvgIpc) is 2.33. The maximum atomic E-state index is 9.35. The highest BCUT2D eigenvalue weighted by atomic mass is 79.9. The molecule has 1 aromatic heterocycles. The van der Waals surface area contributed by atoms with E-state index in [1.807, 2.05) is 6.07 Å². The molecule has 0 bridgehead atoms. The lowest BCUT2D eigenvalue weighted by molar-refractivity contribution is 0.178. The Bertz CT molecular complexity index is 389. The minimum Gasteiger partial charge on any atom is -0.396 e. The molecule has 2 unspecified atom stereocenters. The quantitative estimate of drug-likeness (QED) is 0.897. The second kappa shape index (κ2) is 6.03. The molecule has 1 saturated carbocycles. The summed E-state index contributed by atoms with van der Waals surface area (Å²) in [5, 5.41) is 13.3. The summed E-state index contributed by atoms with van der Waals surface area (Å²) in [5.74, 6) is 1.02. The Morgan fingerprint density at radius 3 is 2.94 bits per heavy atom. The lowest BCUT2D eigenvalue weighted by Crippen LogP contribution is -2.34. The van der Waals surface area contributed by atoms with Crippen LogP contribution in [0.1, 0.15) is 25.7 Å². The van der Waals surface area contributed by atoms with E-state index in [9.17, 15) is 5.11 Å². The third-order valence-corrected chi connectivity index (χ3v) is 4.00. The molecule has 0 radical (unpaired) electrons. The third kappa shape index (κ3) is 3.33. The van der Waals surface area contributed by atoms with Gasteiger partial charge in [-0.05, 0) is 34.8 Å². The first-order valence-electron chi connectivity index (χ1n) is 5.89. The van der Waals surface area contributed by atoms with Crippen LogP contribution in [0, 0.1) is 5.92 Å². The summed E-state index contributed by atoms with van der Waals surface area (Å²) in [5.41, 5.74) is 0. The fourth-order valence-corrected chi connectivity index (χ4v) is 3.00. The van der Waals surface area contributed by atoms with Crippen molar-refractivity contribution in [3.05, 3.63) is 21.8 Å². The normalized spacial score (nSPS) is 24.6. The van der Waals surface area contributed by atoms with Crippen LogP contribution in [0.4, 0.5) is 5.82 Å². The van der Waals surface area contributed by atoms with Gasteiger partial charge in [0.25, 0.3) is 0 Å². The number of aromatic nitrogens is 1. The standard InChI is InChI=1S/C12H16BrClN2O/c13-9-5-10(14)12(15-6-9)16-11-4-2-1-3-8(11)7-17/h5-6,8,11,17H,1-4,7H2,(H,15,16). The number of nitrogens with zero attached hydrogens (tertiary/aromatic N) is 1. The zero-order valence-electron chi connectivity index (χ0n) is 9.50. The summed E-state index contributed by atoms with van der Waals surface area (Å²) in [6.45, 7) is 0.228. The van der Waals surface area contributed by atoms with Crippen molar-refractivity contribution in [2.75, 3.05) is 11.9 Å². The van der Waals surface area contributed by atoms with Crippen LogP contribution in [-0.2, 0) is 0 Å². The van der Waals surface area contributed by atoms with E-state index in [1.54, 1.807) is 6.20 Å². The van der Waals surface area contributed by atoms with Crippen LogP contribution >= 0.6 is 27.5 Å². The Labute approximate surface area is 115 Å². The van der Waals surface area contributed by atoms with Gasteiger partial charge in [0.15, 0.2) is 0 Å². The van der Waals surface area contributed by atoms with Gasteiger partial charge >= 0.3 is 0 Å². The molecule has 1 aliphatic carbocycles. The highest BCUT2D eigenvalue weighted by molar-refractivity contribution is 9.10. The minimum atomic E-state index is 0.228. The van der Waals surface area contributed by atoms with Crippen LogP contribution in [0.3, 0.4) is 0 Å². The molecule has 0 spiro atoms. The Morgan fingerprint density at radius 1 is 1.47 bits per heavy atom. The van der Waals surface area contributed by atoms with Gasteiger partial charge in [0.1, 0.15) is 5.82 Å². The van der Waals surface area contributed by atoms with E-state index in [2.05, 4.69) is 26.2 Å². The van der Waals surface area contributed by atoms with E-state index in [0.717, 1.165) is 17.3 Å². The molecule has 0 amide bonds. The van der Waals surface area contributed by atoms with Crippen LogP contribution in [0.5, 0.6) is 0 Å². The number of hydrogen-bond acceptors (Lipinski definition) is 3. The van der Waals surface area contributed by atoms with Crippen molar-refractivity contribution in [2.45, 2.75) is 31.7 Å². The number of nitrogens with one attached hydrogen (secondary N) is 1. The van der Waals surface area contributed by atoms with E-state index in [-0.39, 0.29) is 12.6 Å². The zero-order valence-corrected chi connectivity index (χ0v) is 11.8. The number of rotatable bonds is 3. The first-order chi connectivity index (χ1) is 8.20. The van der Waals surface area contributed by atoms with E-state index in [4.69, 9.17) is 11.6 Å². The van der Waals surface area contributed by atoms with E-state index < -0.39 is 0 Å². The summed E-state index contributed by atoms with van der Waals surface area (Å²) in [4.78, 5) is 4.27. The second-order valence-electron chi connectivity index (χ2n) is 4.46. The summed E-state index contributed by atoms with van der Waals surface area (Å²) in [6, 6.07) is 2.10. The smallest absolute Gasteiger partial charge is 0.145 e. The molecule has 2 N–H and O–H groups in total. The van der Waals surface area contributed by atoms with Gasteiger partial charge in [-0.25, -0.2) is 4.98 Å². The molecule has 0 aliphatic heterocycles. The molecule has 3 nitrogen and oxygen atoms in total. The van der Waals surface area contributed by atoms with Gasteiger partial charge in [-0.1, -0.05) is 24.4 Å². The van der Waals surface area contributed by atoms with Gasteiger partial charge in [0.05, 0.1) is 5.02 Å². The largest absolute Gasteiger partial charge is 0.396 e.